The molecule has 0 atom stereocenters. The molecule has 0 aliphatic rings. The summed E-state index contributed by atoms with van der Waals surface area (Å²) in [4.78, 5) is 22.8. The van der Waals surface area contributed by atoms with Crippen LogP contribution in [-0.2, 0) is 11.3 Å². The van der Waals surface area contributed by atoms with E-state index in [1.54, 1.807) is 12.3 Å². The molecule has 0 fully saturated rings. The Bertz CT molecular complexity index is 675. The smallest absolute Gasteiger partial charge is 0.337 e. The molecule has 0 N–H and O–H groups in total. The first-order valence-corrected chi connectivity index (χ1v) is 6.42. The quantitative estimate of drug-likeness (QED) is 0.810. The molecule has 19 heavy (non-hydrogen) atoms. The molecule has 0 radical (unpaired) electrons. The molecule has 0 aliphatic carbocycles. The fourth-order valence-corrected chi connectivity index (χ4v) is 2.44. The third-order valence-electron chi connectivity index (χ3n) is 2.77. The molecule has 1 aromatic heterocycles. The Kier molecular flexibility index (Phi) is 3.80. The fraction of sp³-hybridized carbons (Fsp3) is 0.231. The molecule has 1 aromatic carbocycles. The van der Waals surface area contributed by atoms with E-state index in [0.29, 0.717) is 0 Å². The fourth-order valence-electron chi connectivity index (χ4n) is 1.71. The van der Waals surface area contributed by atoms with Gasteiger partial charge in [0.25, 0.3) is 0 Å². The maximum atomic E-state index is 13.7. The summed E-state index contributed by atoms with van der Waals surface area (Å²) in [7, 11) is 1.26. The van der Waals surface area contributed by atoms with Gasteiger partial charge in [-0.1, -0.05) is 11.3 Å². The Morgan fingerprint density at radius 3 is 2.79 bits per heavy atom. The Labute approximate surface area is 113 Å². The molecular formula is C13H12FNO3S. The predicted molar refractivity (Wildman–Crippen MR) is 70.2 cm³/mol. The number of aromatic nitrogens is 1. The van der Waals surface area contributed by atoms with Gasteiger partial charge in [-0.25, -0.2) is 9.18 Å². The molecule has 100 valence electrons. The average molecular weight is 281 g/mol. The highest BCUT2D eigenvalue weighted by Gasteiger charge is 2.12. The number of carbonyl (C=O) groups excluding carboxylic acids is 1. The molecule has 0 unspecified atom stereocenters. The first kappa shape index (κ1) is 13.5. The van der Waals surface area contributed by atoms with E-state index in [1.807, 2.05) is 0 Å². The summed E-state index contributed by atoms with van der Waals surface area (Å²) in [5, 5.41) is 1.71. The van der Waals surface area contributed by atoms with Gasteiger partial charge < -0.3 is 4.74 Å². The van der Waals surface area contributed by atoms with Crippen LogP contribution in [0.5, 0.6) is 0 Å². The minimum atomic E-state index is -0.532. The highest BCUT2D eigenvalue weighted by Crippen LogP contribution is 2.14. The van der Waals surface area contributed by atoms with Crippen LogP contribution in [0.1, 0.15) is 21.6 Å². The van der Waals surface area contributed by atoms with Crippen LogP contribution in [0.3, 0.4) is 0 Å². The van der Waals surface area contributed by atoms with Crippen LogP contribution in [0.15, 0.2) is 28.4 Å². The second-order valence-corrected chi connectivity index (χ2v) is 4.85. The molecule has 2 rings (SSSR count). The number of aryl methyl sites for hydroxylation is 1. The molecule has 0 bridgehead atoms. The largest absolute Gasteiger partial charge is 0.465 e. The zero-order valence-electron chi connectivity index (χ0n) is 10.5. The maximum absolute atomic E-state index is 13.7. The molecule has 0 saturated carbocycles. The normalized spacial score (nSPS) is 10.5. The number of nitrogens with zero attached hydrogens (tertiary/aromatic N) is 1. The van der Waals surface area contributed by atoms with E-state index in [1.165, 1.54) is 29.9 Å². The Morgan fingerprint density at radius 2 is 2.21 bits per heavy atom. The maximum Gasteiger partial charge on any atom is 0.337 e. The predicted octanol–water partition coefficient (Wildman–Crippen LogP) is 2.19. The number of benzene rings is 1. The zero-order valence-corrected chi connectivity index (χ0v) is 11.3. The summed E-state index contributed by atoms with van der Waals surface area (Å²) in [5.74, 6) is -0.985. The van der Waals surface area contributed by atoms with Crippen LogP contribution in [0, 0.1) is 12.7 Å². The average Bonchev–Trinajstić information content (AvgIpc) is 2.72. The minimum Gasteiger partial charge on any atom is -0.465 e. The van der Waals surface area contributed by atoms with Gasteiger partial charge in [0.05, 0.1) is 19.2 Å². The van der Waals surface area contributed by atoms with Crippen molar-refractivity contribution in [1.82, 2.24) is 4.57 Å². The van der Waals surface area contributed by atoms with Crippen molar-refractivity contribution >= 4 is 17.3 Å². The Hall–Kier alpha value is -1.95. The minimum absolute atomic E-state index is 0.102. The van der Waals surface area contributed by atoms with E-state index in [4.69, 9.17) is 0 Å². The number of carbonyl (C=O) groups is 1. The van der Waals surface area contributed by atoms with Gasteiger partial charge in [-0.2, -0.15) is 0 Å². The molecule has 6 heteroatoms. The van der Waals surface area contributed by atoms with E-state index in [2.05, 4.69) is 4.74 Å². The van der Waals surface area contributed by atoms with Crippen molar-refractivity contribution in [1.29, 1.82) is 0 Å². The van der Waals surface area contributed by atoms with Crippen LogP contribution in [0.4, 0.5) is 4.39 Å². The van der Waals surface area contributed by atoms with Crippen molar-refractivity contribution < 1.29 is 13.9 Å². The van der Waals surface area contributed by atoms with Crippen LogP contribution in [-0.4, -0.2) is 17.6 Å². The number of thiazole rings is 1. The van der Waals surface area contributed by atoms with Gasteiger partial charge in [-0.05, 0) is 25.1 Å². The second kappa shape index (κ2) is 5.36. The number of hydrogen-bond acceptors (Lipinski definition) is 4. The van der Waals surface area contributed by atoms with Crippen molar-refractivity contribution in [2.75, 3.05) is 7.11 Å². The van der Waals surface area contributed by atoms with E-state index in [9.17, 15) is 14.0 Å². The summed E-state index contributed by atoms with van der Waals surface area (Å²) in [6.45, 7) is 1.88. The number of ether oxygens (including phenoxy) is 1. The van der Waals surface area contributed by atoms with Gasteiger partial charge in [-0.3, -0.25) is 9.36 Å². The number of methoxy groups -OCH3 is 1. The monoisotopic (exact) mass is 281 g/mol. The first-order chi connectivity index (χ1) is 9.02. The lowest BCUT2D eigenvalue weighted by atomic mass is 10.1. The molecule has 0 spiro atoms. The summed E-state index contributed by atoms with van der Waals surface area (Å²) < 4.78 is 19.8. The standard InChI is InChI=1S/C13H12FNO3S/c1-8-7-19-13(17)15(8)6-10-5-9(12(16)18-2)3-4-11(10)14/h3-5,7H,6H2,1-2H3. The Morgan fingerprint density at radius 1 is 1.47 bits per heavy atom. The second-order valence-electron chi connectivity index (χ2n) is 4.03. The third kappa shape index (κ3) is 2.73. The summed E-state index contributed by atoms with van der Waals surface area (Å²) >= 11 is 1.06. The van der Waals surface area contributed by atoms with Crippen LogP contribution >= 0.6 is 11.3 Å². The van der Waals surface area contributed by atoms with Gasteiger partial charge in [0.2, 0.25) is 0 Å². The van der Waals surface area contributed by atoms with Crippen molar-refractivity contribution in [3.63, 3.8) is 0 Å². The van der Waals surface area contributed by atoms with E-state index in [-0.39, 0.29) is 22.5 Å². The van der Waals surface area contributed by atoms with Gasteiger partial charge in [0, 0.05) is 16.6 Å². The van der Waals surface area contributed by atoms with E-state index in [0.717, 1.165) is 17.0 Å². The molecule has 0 amide bonds. The van der Waals surface area contributed by atoms with Crippen LogP contribution in [0.25, 0.3) is 0 Å². The number of rotatable bonds is 3. The van der Waals surface area contributed by atoms with E-state index < -0.39 is 11.8 Å². The van der Waals surface area contributed by atoms with Crippen molar-refractivity contribution in [3.8, 4) is 0 Å². The van der Waals surface area contributed by atoms with E-state index >= 15 is 0 Å². The van der Waals surface area contributed by atoms with Crippen molar-refractivity contribution in [2.45, 2.75) is 13.5 Å². The summed E-state index contributed by atoms with van der Waals surface area (Å²) in [6, 6.07) is 3.97. The molecule has 2 aromatic rings. The summed E-state index contributed by atoms with van der Waals surface area (Å²) in [5.41, 5.74) is 1.31. The lowest BCUT2D eigenvalue weighted by Gasteiger charge is -2.07. The van der Waals surface area contributed by atoms with Crippen LogP contribution in [0.2, 0.25) is 0 Å². The zero-order chi connectivity index (χ0) is 14.0. The molecule has 0 saturated heterocycles. The first-order valence-electron chi connectivity index (χ1n) is 5.54. The van der Waals surface area contributed by atoms with Gasteiger partial charge in [-0.15, -0.1) is 0 Å². The Balaban J connectivity index is 2.40. The topological polar surface area (TPSA) is 48.3 Å². The molecule has 0 aliphatic heterocycles. The van der Waals surface area contributed by atoms with Gasteiger partial charge in [0.15, 0.2) is 0 Å². The molecule has 1 heterocycles. The number of esters is 1. The number of hydrogen-bond donors (Lipinski definition) is 0. The third-order valence-corrected chi connectivity index (χ3v) is 3.65. The summed E-state index contributed by atoms with van der Waals surface area (Å²) in [6.07, 6.45) is 0. The van der Waals surface area contributed by atoms with Crippen molar-refractivity contribution in [3.05, 3.63) is 55.9 Å². The highest BCUT2D eigenvalue weighted by molar-refractivity contribution is 7.07. The molecular weight excluding hydrogens is 269 g/mol. The lowest BCUT2D eigenvalue weighted by molar-refractivity contribution is 0.0600. The van der Waals surface area contributed by atoms with Gasteiger partial charge >= 0.3 is 10.8 Å². The lowest BCUT2D eigenvalue weighted by Crippen LogP contribution is -2.16. The molecule has 4 nitrogen and oxygen atoms in total. The van der Waals surface area contributed by atoms with Crippen LogP contribution < -0.4 is 4.87 Å². The number of halogens is 1. The SMILES string of the molecule is COC(=O)c1ccc(F)c(Cn2c(C)csc2=O)c1. The van der Waals surface area contributed by atoms with Gasteiger partial charge in [0.1, 0.15) is 5.82 Å². The van der Waals surface area contributed by atoms with Crippen molar-refractivity contribution in [2.24, 2.45) is 0 Å². The highest BCUT2D eigenvalue weighted by atomic mass is 32.1.